The average molecular weight is 228 g/mol. The molecule has 0 saturated heterocycles. The Morgan fingerprint density at radius 2 is 2.24 bits per heavy atom. The van der Waals surface area contributed by atoms with E-state index in [0.717, 1.165) is 29.6 Å². The summed E-state index contributed by atoms with van der Waals surface area (Å²) < 4.78 is 5.76. The van der Waals surface area contributed by atoms with Crippen molar-refractivity contribution in [2.45, 2.75) is 25.8 Å². The first-order chi connectivity index (χ1) is 8.35. The van der Waals surface area contributed by atoms with Crippen LogP contribution in [0, 0.1) is 11.8 Å². The van der Waals surface area contributed by atoms with Crippen molar-refractivity contribution in [3.63, 3.8) is 0 Å². The molecule has 2 aromatic rings. The molecule has 0 spiro atoms. The third-order valence-electron chi connectivity index (χ3n) is 2.72. The fourth-order valence-electron chi connectivity index (χ4n) is 1.82. The van der Waals surface area contributed by atoms with Crippen LogP contribution in [0.2, 0.25) is 0 Å². The van der Waals surface area contributed by atoms with Gasteiger partial charge in [0.15, 0.2) is 0 Å². The molecule has 1 heterocycles. The van der Waals surface area contributed by atoms with Crippen LogP contribution in [0.5, 0.6) is 0 Å². The van der Waals surface area contributed by atoms with E-state index in [9.17, 15) is 0 Å². The van der Waals surface area contributed by atoms with Gasteiger partial charge in [-0.1, -0.05) is 18.2 Å². The molecule has 1 aromatic heterocycles. The number of hydrogen-bond donors (Lipinski definition) is 2. The minimum absolute atomic E-state index is 0.0169. The first-order valence-electron chi connectivity index (χ1n) is 5.69. The monoisotopic (exact) mass is 228 g/mol. The van der Waals surface area contributed by atoms with Crippen LogP contribution >= 0.6 is 0 Å². The second kappa shape index (κ2) is 5.53. The van der Waals surface area contributed by atoms with E-state index in [1.807, 2.05) is 37.3 Å². The van der Waals surface area contributed by atoms with Crippen LogP contribution in [-0.2, 0) is 0 Å². The van der Waals surface area contributed by atoms with Gasteiger partial charge in [-0.2, -0.15) is 0 Å². The van der Waals surface area contributed by atoms with Crippen LogP contribution in [0.3, 0.4) is 0 Å². The second-order valence-electron chi connectivity index (χ2n) is 3.87. The van der Waals surface area contributed by atoms with Crippen molar-refractivity contribution >= 4 is 11.0 Å². The molecule has 2 rings (SSSR count). The topological polar surface area (TPSA) is 51.2 Å². The van der Waals surface area contributed by atoms with Gasteiger partial charge in [-0.15, -0.1) is 11.8 Å². The summed E-state index contributed by atoms with van der Waals surface area (Å²) in [5, 5.41) is 1.10. The maximum Gasteiger partial charge on any atom is 0.134 e. The molecule has 0 amide bonds. The summed E-state index contributed by atoms with van der Waals surface area (Å²) in [6, 6.07) is 9.99. The standard InChI is InChI=1S/C14H16N2O/c1-2-3-4-8-12(16-15)14-10-11-7-5-6-9-13(11)17-14/h5-7,9-10,12,16H,4,8,15H2,1H3. The predicted octanol–water partition coefficient (Wildman–Crippen LogP) is 2.74. The Labute approximate surface area is 101 Å². The fraction of sp³-hybridized carbons (Fsp3) is 0.286. The fourth-order valence-corrected chi connectivity index (χ4v) is 1.82. The number of nitrogens with two attached hydrogens (primary N) is 1. The third kappa shape index (κ3) is 2.68. The molecule has 1 aromatic carbocycles. The number of fused-ring (bicyclic) bond motifs is 1. The van der Waals surface area contributed by atoms with E-state index in [0.29, 0.717) is 0 Å². The largest absolute Gasteiger partial charge is 0.459 e. The zero-order valence-corrected chi connectivity index (χ0v) is 9.86. The number of hydrazine groups is 1. The molecule has 0 radical (unpaired) electrons. The molecule has 0 fully saturated rings. The molecule has 0 aliphatic heterocycles. The molecule has 3 N–H and O–H groups in total. The van der Waals surface area contributed by atoms with E-state index in [2.05, 4.69) is 17.3 Å². The molecular formula is C14H16N2O. The van der Waals surface area contributed by atoms with Gasteiger partial charge in [-0.05, 0) is 25.5 Å². The lowest BCUT2D eigenvalue weighted by molar-refractivity contribution is 0.420. The SMILES string of the molecule is CC#CCCC(NN)c1cc2ccccc2o1. The summed E-state index contributed by atoms with van der Waals surface area (Å²) in [6.45, 7) is 1.84. The van der Waals surface area contributed by atoms with E-state index >= 15 is 0 Å². The van der Waals surface area contributed by atoms with Gasteiger partial charge in [0.05, 0.1) is 6.04 Å². The molecule has 1 unspecified atom stereocenters. The average Bonchev–Trinajstić information content (AvgIpc) is 2.78. The Bertz CT molecular complexity index is 515. The van der Waals surface area contributed by atoms with Gasteiger partial charge >= 0.3 is 0 Å². The molecule has 3 nitrogen and oxygen atoms in total. The van der Waals surface area contributed by atoms with E-state index in [4.69, 9.17) is 10.3 Å². The van der Waals surface area contributed by atoms with Crippen molar-refractivity contribution in [3.8, 4) is 11.8 Å². The maximum absolute atomic E-state index is 5.76. The van der Waals surface area contributed by atoms with Crippen LogP contribution in [0.25, 0.3) is 11.0 Å². The van der Waals surface area contributed by atoms with Crippen molar-refractivity contribution in [2.24, 2.45) is 5.84 Å². The third-order valence-corrected chi connectivity index (χ3v) is 2.72. The van der Waals surface area contributed by atoms with E-state index in [1.54, 1.807) is 0 Å². The predicted molar refractivity (Wildman–Crippen MR) is 69.0 cm³/mol. The van der Waals surface area contributed by atoms with Gasteiger partial charge in [0.25, 0.3) is 0 Å². The molecule has 0 saturated carbocycles. The lowest BCUT2D eigenvalue weighted by Crippen LogP contribution is -2.27. The Morgan fingerprint density at radius 3 is 2.94 bits per heavy atom. The highest BCUT2D eigenvalue weighted by atomic mass is 16.3. The van der Waals surface area contributed by atoms with Crippen LogP contribution in [-0.4, -0.2) is 0 Å². The van der Waals surface area contributed by atoms with Crippen molar-refractivity contribution in [2.75, 3.05) is 0 Å². The van der Waals surface area contributed by atoms with Crippen molar-refractivity contribution < 1.29 is 4.42 Å². The summed E-state index contributed by atoms with van der Waals surface area (Å²) in [5.41, 5.74) is 3.67. The molecule has 3 heteroatoms. The summed E-state index contributed by atoms with van der Waals surface area (Å²) in [7, 11) is 0. The lowest BCUT2D eigenvalue weighted by Gasteiger charge is -2.10. The van der Waals surface area contributed by atoms with Gasteiger partial charge in [-0.25, -0.2) is 5.43 Å². The van der Waals surface area contributed by atoms with Crippen LogP contribution in [0.15, 0.2) is 34.7 Å². The van der Waals surface area contributed by atoms with Crippen molar-refractivity contribution in [1.29, 1.82) is 0 Å². The zero-order valence-electron chi connectivity index (χ0n) is 9.86. The van der Waals surface area contributed by atoms with Crippen molar-refractivity contribution in [3.05, 3.63) is 36.1 Å². The van der Waals surface area contributed by atoms with E-state index in [-0.39, 0.29) is 6.04 Å². The van der Waals surface area contributed by atoms with Crippen LogP contribution in [0.1, 0.15) is 31.6 Å². The maximum atomic E-state index is 5.76. The molecule has 0 bridgehead atoms. The highest BCUT2D eigenvalue weighted by Gasteiger charge is 2.13. The van der Waals surface area contributed by atoms with E-state index < -0.39 is 0 Å². The Morgan fingerprint density at radius 1 is 1.41 bits per heavy atom. The quantitative estimate of drug-likeness (QED) is 0.480. The number of hydrogen-bond acceptors (Lipinski definition) is 3. The zero-order chi connectivity index (χ0) is 12.1. The number of furan rings is 1. The molecule has 0 aliphatic rings. The first-order valence-corrected chi connectivity index (χ1v) is 5.69. The molecule has 1 atom stereocenters. The Balaban J connectivity index is 2.19. The molecule has 17 heavy (non-hydrogen) atoms. The van der Waals surface area contributed by atoms with Gasteiger partial charge in [0.1, 0.15) is 11.3 Å². The number of nitrogens with one attached hydrogen (secondary N) is 1. The van der Waals surface area contributed by atoms with Crippen LogP contribution < -0.4 is 11.3 Å². The smallest absolute Gasteiger partial charge is 0.134 e. The molecular weight excluding hydrogens is 212 g/mol. The Hall–Kier alpha value is -1.76. The van der Waals surface area contributed by atoms with Gasteiger partial charge in [0, 0.05) is 11.8 Å². The molecule has 88 valence electrons. The van der Waals surface area contributed by atoms with E-state index in [1.165, 1.54) is 0 Å². The van der Waals surface area contributed by atoms with Crippen molar-refractivity contribution in [1.82, 2.24) is 5.43 Å². The Kier molecular flexibility index (Phi) is 3.81. The lowest BCUT2D eigenvalue weighted by atomic mass is 10.1. The molecule has 0 aliphatic carbocycles. The summed E-state index contributed by atoms with van der Waals surface area (Å²) in [5.74, 6) is 12.3. The highest BCUT2D eigenvalue weighted by molar-refractivity contribution is 5.77. The normalized spacial score (nSPS) is 12.1. The minimum atomic E-state index is 0.0169. The van der Waals surface area contributed by atoms with Gasteiger partial charge < -0.3 is 4.42 Å². The first kappa shape index (κ1) is 11.7. The van der Waals surface area contributed by atoms with Gasteiger partial charge in [-0.3, -0.25) is 5.84 Å². The summed E-state index contributed by atoms with van der Waals surface area (Å²) in [6.07, 6.45) is 1.65. The van der Waals surface area contributed by atoms with Crippen LogP contribution in [0.4, 0.5) is 0 Å². The number of rotatable bonds is 4. The summed E-state index contributed by atoms with van der Waals surface area (Å²) >= 11 is 0. The van der Waals surface area contributed by atoms with Gasteiger partial charge in [0.2, 0.25) is 0 Å². The number of para-hydroxylation sites is 1. The summed E-state index contributed by atoms with van der Waals surface area (Å²) in [4.78, 5) is 0. The highest BCUT2D eigenvalue weighted by Crippen LogP contribution is 2.25. The second-order valence-corrected chi connectivity index (χ2v) is 3.87. The number of benzene rings is 1. The minimum Gasteiger partial charge on any atom is -0.459 e.